The first-order valence-corrected chi connectivity index (χ1v) is 13.9. The Morgan fingerprint density at radius 2 is 1.55 bits per heavy atom. The minimum Gasteiger partial charge on any atom is -0.478 e. The molecule has 1 aromatic carbocycles. The Morgan fingerprint density at radius 3 is 2.07 bits per heavy atom. The SMILES string of the molecule is Cc1cc(C)c(CNC(=O)c2cc(C)c3c(c2C)O[C@@](C)([C@H]2CC[C@H](N(C)C)CC2)O3)c(=O)[nH]1.O=C(O)/C=C\C(=O)O. The summed E-state index contributed by atoms with van der Waals surface area (Å²) in [7, 11) is 4.28. The van der Waals surface area contributed by atoms with Gasteiger partial charge in [0.15, 0.2) is 11.5 Å². The van der Waals surface area contributed by atoms with Gasteiger partial charge < -0.3 is 34.9 Å². The van der Waals surface area contributed by atoms with E-state index in [1.807, 2.05) is 46.8 Å². The molecular formula is C31H41N3O8. The number of nitrogens with one attached hydrogen (secondary N) is 2. The summed E-state index contributed by atoms with van der Waals surface area (Å²) in [4.78, 5) is 49.6. The van der Waals surface area contributed by atoms with Gasteiger partial charge in [0.25, 0.3) is 17.3 Å². The number of rotatable bonds is 7. The van der Waals surface area contributed by atoms with Crippen LogP contribution in [0.3, 0.4) is 0 Å². The molecule has 1 aliphatic heterocycles. The summed E-state index contributed by atoms with van der Waals surface area (Å²) in [6.07, 6.45) is 5.45. The van der Waals surface area contributed by atoms with Crippen LogP contribution in [0.5, 0.6) is 11.5 Å². The van der Waals surface area contributed by atoms with Gasteiger partial charge in [0.05, 0.1) is 0 Å². The Balaban J connectivity index is 0.000000531. The van der Waals surface area contributed by atoms with E-state index in [0.717, 1.165) is 53.8 Å². The van der Waals surface area contributed by atoms with Gasteiger partial charge >= 0.3 is 11.9 Å². The van der Waals surface area contributed by atoms with E-state index >= 15 is 0 Å². The van der Waals surface area contributed by atoms with E-state index in [2.05, 4.69) is 29.3 Å². The highest BCUT2D eigenvalue weighted by Gasteiger charge is 2.47. The summed E-state index contributed by atoms with van der Waals surface area (Å²) in [5.41, 5.74) is 4.24. The van der Waals surface area contributed by atoms with Gasteiger partial charge in [0.1, 0.15) is 0 Å². The van der Waals surface area contributed by atoms with Crippen LogP contribution in [0.15, 0.2) is 29.1 Å². The van der Waals surface area contributed by atoms with Crippen molar-refractivity contribution in [1.29, 1.82) is 0 Å². The number of carbonyl (C=O) groups is 3. The molecule has 1 fully saturated rings. The zero-order valence-corrected chi connectivity index (χ0v) is 25.3. The molecule has 11 nitrogen and oxygen atoms in total. The molecule has 0 spiro atoms. The second kappa shape index (κ2) is 13.2. The van der Waals surface area contributed by atoms with E-state index < -0.39 is 17.7 Å². The average molecular weight is 584 g/mol. The van der Waals surface area contributed by atoms with Gasteiger partial charge in [-0.3, -0.25) is 9.59 Å². The monoisotopic (exact) mass is 583 g/mol. The van der Waals surface area contributed by atoms with Crippen molar-refractivity contribution in [3.8, 4) is 11.5 Å². The number of hydrogen-bond acceptors (Lipinski definition) is 7. The number of fused-ring (bicyclic) bond motifs is 1. The van der Waals surface area contributed by atoms with Crippen molar-refractivity contribution in [1.82, 2.24) is 15.2 Å². The summed E-state index contributed by atoms with van der Waals surface area (Å²) >= 11 is 0. The highest BCUT2D eigenvalue weighted by molar-refractivity contribution is 5.97. The molecule has 0 radical (unpaired) electrons. The molecule has 11 heteroatoms. The summed E-state index contributed by atoms with van der Waals surface area (Å²) in [6, 6.07) is 4.37. The maximum atomic E-state index is 13.1. The van der Waals surface area contributed by atoms with Gasteiger partial charge in [-0.2, -0.15) is 0 Å². The fourth-order valence-corrected chi connectivity index (χ4v) is 5.56. The van der Waals surface area contributed by atoms with Gasteiger partial charge in [0, 0.05) is 60.0 Å². The smallest absolute Gasteiger partial charge is 0.328 e. The first-order chi connectivity index (χ1) is 19.6. The van der Waals surface area contributed by atoms with Gasteiger partial charge in [-0.15, -0.1) is 0 Å². The molecule has 42 heavy (non-hydrogen) atoms. The molecule has 0 unspecified atom stereocenters. The summed E-state index contributed by atoms with van der Waals surface area (Å²) < 4.78 is 12.9. The van der Waals surface area contributed by atoms with Crippen LogP contribution in [-0.4, -0.2) is 63.9 Å². The third kappa shape index (κ3) is 7.58. The molecule has 1 aromatic heterocycles. The van der Waals surface area contributed by atoms with Gasteiger partial charge in [-0.1, -0.05) is 0 Å². The molecule has 228 valence electrons. The standard InChI is InChI=1S/C27H37N3O4.C4H4O4/c1-15-12-17(3)29-26(32)22(15)14-28-25(31)21-13-16(2)23-24(18(21)4)34-27(5,33-23)19-8-10-20(11-9-19)30(6)7;5-3(6)1-2-4(7)8/h12-13,19-20H,8-11,14H2,1-7H3,(H,28,31)(H,29,32);1-2H,(H,5,6)(H,7,8)/b;2-1-/t19-,20-,27-;/m0./s1. The average Bonchev–Trinajstić information content (AvgIpc) is 3.29. The van der Waals surface area contributed by atoms with Crippen molar-refractivity contribution < 1.29 is 34.1 Å². The van der Waals surface area contributed by atoms with Crippen molar-refractivity contribution in [3.05, 3.63) is 68.1 Å². The summed E-state index contributed by atoms with van der Waals surface area (Å²) in [6.45, 7) is 9.76. The second-order valence-corrected chi connectivity index (χ2v) is 11.3. The molecule has 4 N–H and O–H groups in total. The maximum absolute atomic E-state index is 13.1. The lowest BCUT2D eigenvalue weighted by Crippen LogP contribution is -2.46. The number of carbonyl (C=O) groups excluding carboxylic acids is 1. The number of aromatic amines is 1. The fraction of sp³-hybridized carbons (Fsp3) is 0.484. The Bertz CT molecular complexity index is 1420. The molecule has 2 aliphatic rings. The third-order valence-corrected chi connectivity index (χ3v) is 7.98. The van der Waals surface area contributed by atoms with Crippen molar-refractivity contribution in [3.63, 3.8) is 0 Å². The fourth-order valence-electron chi connectivity index (χ4n) is 5.56. The summed E-state index contributed by atoms with van der Waals surface area (Å²) in [5.74, 6) is -1.78. The number of carboxylic acids is 2. The second-order valence-electron chi connectivity index (χ2n) is 11.3. The van der Waals surface area contributed by atoms with Crippen LogP contribution < -0.4 is 20.3 Å². The van der Waals surface area contributed by atoms with E-state index in [4.69, 9.17) is 19.7 Å². The zero-order valence-electron chi connectivity index (χ0n) is 25.3. The number of pyridine rings is 1. The number of H-pyrrole nitrogens is 1. The highest BCUT2D eigenvalue weighted by Crippen LogP contribution is 2.50. The van der Waals surface area contributed by atoms with Crippen molar-refractivity contribution in [2.24, 2.45) is 5.92 Å². The van der Waals surface area contributed by atoms with Crippen molar-refractivity contribution in [2.45, 2.75) is 78.7 Å². The van der Waals surface area contributed by atoms with Crippen LogP contribution >= 0.6 is 0 Å². The number of aromatic nitrogens is 1. The maximum Gasteiger partial charge on any atom is 0.328 e. The Morgan fingerprint density at radius 1 is 0.976 bits per heavy atom. The number of aliphatic carboxylic acids is 2. The van der Waals surface area contributed by atoms with E-state index in [-0.39, 0.29) is 18.0 Å². The van der Waals surface area contributed by atoms with Crippen LogP contribution in [0.4, 0.5) is 0 Å². The van der Waals surface area contributed by atoms with E-state index in [0.29, 0.717) is 41.0 Å². The van der Waals surface area contributed by atoms with Crippen LogP contribution in [0.2, 0.25) is 0 Å². The van der Waals surface area contributed by atoms with Crippen LogP contribution in [0.1, 0.15) is 70.9 Å². The normalized spacial score (nSPS) is 21.1. The molecule has 0 bridgehead atoms. The molecule has 1 saturated carbocycles. The number of nitrogens with zero attached hydrogens (tertiary/aromatic N) is 1. The number of carboxylic acid groups (broad SMARTS) is 2. The molecule has 0 saturated heterocycles. The molecule has 4 rings (SSSR count). The largest absolute Gasteiger partial charge is 0.478 e. The predicted octanol–water partition coefficient (Wildman–Crippen LogP) is 3.86. The van der Waals surface area contributed by atoms with Crippen molar-refractivity contribution in [2.75, 3.05) is 14.1 Å². The van der Waals surface area contributed by atoms with Crippen LogP contribution in [0.25, 0.3) is 0 Å². The molecular weight excluding hydrogens is 542 g/mol. The molecule has 1 aliphatic carbocycles. The van der Waals surface area contributed by atoms with E-state index in [9.17, 15) is 19.2 Å². The van der Waals surface area contributed by atoms with Crippen LogP contribution in [0, 0.1) is 33.6 Å². The topological polar surface area (TPSA) is 158 Å². The quantitative estimate of drug-likeness (QED) is 0.355. The number of benzene rings is 1. The highest BCUT2D eigenvalue weighted by atomic mass is 16.7. The number of ether oxygens (including phenoxy) is 2. The zero-order chi connectivity index (χ0) is 31.4. The lowest BCUT2D eigenvalue weighted by molar-refractivity contribution is -0.134. The Hall–Kier alpha value is -4.12. The summed E-state index contributed by atoms with van der Waals surface area (Å²) in [5, 5.41) is 18.5. The number of aryl methyl sites for hydroxylation is 3. The molecule has 1 atom stereocenters. The van der Waals surface area contributed by atoms with E-state index in [1.165, 1.54) is 0 Å². The minimum absolute atomic E-state index is 0.167. The first-order valence-electron chi connectivity index (χ1n) is 13.9. The van der Waals surface area contributed by atoms with Crippen LogP contribution in [-0.2, 0) is 16.1 Å². The Labute approximate surface area is 245 Å². The number of amides is 1. The third-order valence-electron chi connectivity index (χ3n) is 7.98. The first kappa shape index (κ1) is 32.4. The molecule has 2 heterocycles. The van der Waals surface area contributed by atoms with Gasteiger partial charge in [0.2, 0.25) is 0 Å². The van der Waals surface area contributed by atoms with Crippen molar-refractivity contribution >= 4 is 17.8 Å². The minimum atomic E-state index is -1.26. The Kier molecular flexibility index (Phi) is 10.2. The van der Waals surface area contributed by atoms with Gasteiger partial charge in [-0.05, 0) is 90.7 Å². The molecule has 1 amide bonds. The lowest BCUT2D eigenvalue weighted by atomic mass is 9.81. The van der Waals surface area contributed by atoms with Gasteiger partial charge in [-0.25, -0.2) is 9.59 Å². The number of hydrogen-bond donors (Lipinski definition) is 4. The predicted molar refractivity (Wildman–Crippen MR) is 157 cm³/mol. The lowest BCUT2D eigenvalue weighted by Gasteiger charge is -2.39. The molecule has 2 aromatic rings. The van der Waals surface area contributed by atoms with E-state index in [1.54, 1.807) is 0 Å².